The molecule has 1 aliphatic rings. The Morgan fingerprint density at radius 2 is 1.48 bits per heavy atom. The lowest BCUT2D eigenvalue weighted by molar-refractivity contribution is -0.217. The minimum atomic E-state index is -1.18. The first-order valence-electron chi connectivity index (χ1n) is 10.3. The van der Waals surface area contributed by atoms with Gasteiger partial charge in [0.15, 0.2) is 5.78 Å². The lowest BCUT2D eigenvalue weighted by atomic mass is 9.76. The molecule has 29 heavy (non-hydrogen) atoms. The van der Waals surface area contributed by atoms with Gasteiger partial charge in [0.25, 0.3) is 0 Å². The van der Waals surface area contributed by atoms with Gasteiger partial charge in [-0.05, 0) is 59.8 Å². The Hall–Kier alpha value is -0.870. The summed E-state index contributed by atoms with van der Waals surface area (Å²) in [5.74, 6) is -1.90. The second-order valence-corrected chi connectivity index (χ2v) is 8.91. The van der Waals surface area contributed by atoms with Crippen molar-refractivity contribution < 1.29 is 14.3 Å². The van der Waals surface area contributed by atoms with E-state index in [0.717, 1.165) is 25.7 Å². The number of carbonyl (C=O) groups is 1. The maximum atomic E-state index is 12.7. The highest BCUT2D eigenvalue weighted by molar-refractivity contribution is 6.49. The van der Waals surface area contributed by atoms with Gasteiger partial charge in [0.05, 0.1) is 5.03 Å². The van der Waals surface area contributed by atoms with Crippen LogP contribution < -0.4 is 0 Å². The number of Topliss-reactive ketones (excluding diaryl/α,β-unsaturated/α-hetero) is 1. The van der Waals surface area contributed by atoms with Crippen LogP contribution in [-0.4, -0.2) is 25.8 Å². The average molecular weight is 443 g/mol. The second kappa shape index (κ2) is 12.1. The third-order valence-corrected chi connectivity index (χ3v) is 6.63. The SMILES string of the molecule is COC1(OC)C(Cl)=C(Cl)C(=O)C(C/C=C(\C)CC/C=C(\C)CCC=C(C)C)[C@H]1C. The highest BCUT2D eigenvalue weighted by Crippen LogP contribution is 2.46. The molecule has 0 aliphatic heterocycles. The third-order valence-electron chi connectivity index (χ3n) is 5.70. The van der Waals surface area contributed by atoms with Gasteiger partial charge in [-0.25, -0.2) is 0 Å². The Morgan fingerprint density at radius 1 is 0.966 bits per heavy atom. The first kappa shape index (κ1) is 26.2. The first-order valence-corrected chi connectivity index (χ1v) is 11.0. The van der Waals surface area contributed by atoms with Gasteiger partial charge >= 0.3 is 0 Å². The van der Waals surface area contributed by atoms with Gasteiger partial charge in [-0.15, -0.1) is 0 Å². The molecule has 0 heterocycles. The van der Waals surface area contributed by atoms with Crippen LogP contribution in [0.4, 0.5) is 0 Å². The fraction of sp³-hybridized carbons (Fsp3) is 0.625. The van der Waals surface area contributed by atoms with Crippen molar-refractivity contribution in [2.45, 2.75) is 72.5 Å². The molecule has 0 radical (unpaired) electrons. The molecular weight excluding hydrogens is 407 g/mol. The van der Waals surface area contributed by atoms with Crippen LogP contribution in [0, 0.1) is 11.8 Å². The van der Waals surface area contributed by atoms with Crippen LogP contribution in [0.3, 0.4) is 0 Å². The Labute approximate surface area is 186 Å². The number of hydrogen-bond acceptors (Lipinski definition) is 3. The fourth-order valence-electron chi connectivity index (χ4n) is 3.73. The van der Waals surface area contributed by atoms with Crippen molar-refractivity contribution in [2.75, 3.05) is 14.2 Å². The lowest BCUT2D eigenvalue weighted by Crippen LogP contribution is -2.50. The van der Waals surface area contributed by atoms with Crippen molar-refractivity contribution >= 4 is 29.0 Å². The number of hydrogen-bond donors (Lipinski definition) is 0. The summed E-state index contributed by atoms with van der Waals surface area (Å²) in [5, 5.41) is 0.145. The standard InChI is InChI=1S/C24H36Cl2O3/c1-16(2)10-8-11-17(3)12-9-13-18(4)14-15-20-19(5)24(28-6,29-7)23(26)21(25)22(20)27/h10,12,14,19-20H,8-9,11,13,15H2,1-7H3/b17-12+,18-14+/t19-,20?/m1/s1. The second-order valence-electron chi connectivity index (χ2n) is 8.16. The van der Waals surface area contributed by atoms with Crippen molar-refractivity contribution in [2.24, 2.45) is 11.8 Å². The molecule has 0 amide bonds. The summed E-state index contributed by atoms with van der Waals surface area (Å²) in [4.78, 5) is 12.7. The quantitative estimate of drug-likeness (QED) is 0.262. The van der Waals surface area contributed by atoms with Crippen LogP contribution in [0.5, 0.6) is 0 Å². The summed E-state index contributed by atoms with van der Waals surface area (Å²) >= 11 is 12.5. The highest BCUT2D eigenvalue weighted by atomic mass is 35.5. The minimum absolute atomic E-state index is 0.0134. The van der Waals surface area contributed by atoms with E-state index in [2.05, 4.69) is 45.9 Å². The first-order chi connectivity index (χ1) is 13.6. The van der Waals surface area contributed by atoms with Crippen molar-refractivity contribution in [1.29, 1.82) is 0 Å². The van der Waals surface area contributed by atoms with Crippen LogP contribution in [0.2, 0.25) is 0 Å². The van der Waals surface area contributed by atoms with Gasteiger partial charge < -0.3 is 9.47 Å². The summed E-state index contributed by atoms with van der Waals surface area (Å²) in [6.07, 6.45) is 11.5. The smallest absolute Gasteiger partial charge is 0.210 e. The number of ketones is 1. The third kappa shape index (κ3) is 6.82. The summed E-state index contributed by atoms with van der Waals surface area (Å²) in [6.45, 7) is 10.5. The van der Waals surface area contributed by atoms with Gasteiger partial charge in [0, 0.05) is 26.1 Å². The number of rotatable bonds is 10. The van der Waals surface area contributed by atoms with Crippen LogP contribution in [0.1, 0.15) is 66.7 Å². The summed E-state index contributed by atoms with van der Waals surface area (Å²) < 4.78 is 11.1. The van der Waals surface area contributed by atoms with E-state index in [0.29, 0.717) is 6.42 Å². The Kier molecular flexibility index (Phi) is 10.9. The van der Waals surface area contributed by atoms with Crippen molar-refractivity contribution in [3.05, 3.63) is 45.0 Å². The van der Waals surface area contributed by atoms with Gasteiger partial charge in [0.2, 0.25) is 5.79 Å². The Morgan fingerprint density at radius 3 is 2.00 bits per heavy atom. The van der Waals surface area contributed by atoms with E-state index >= 15 is 0 Å². The van der Waals surface area contributed by atoms with E-state index in [1.54, 1.807) is 0 Å². The fourth-order valence-corrected chi connectivity index (χ4v) is 4.42. The molecule has 0 aromatic carbocycles. The van der Waals surface area contributed by atoms with Gasteiger partial charge in [-0.2, -0.15) is 0 Å². The maximum Gasteiger partial charge on any atom is 0.210 e. The Bertz CT molecular complexity index is 693. The van der Waals surface area contributed by atoms with Crippen molar-refractivity contribution in [1.82, 2.24) is 0 Å². The van der Waals surface area contributed by atoms with Crippen LogP contribution >= 0.6 is 23.2 Å². The number of carbonyl (C=O) groups excluding carboxylic acids is 1. The van der Waals surface area contributed by atoms with Crippen molar-refractivity contribution in [3.8, 4) is 0 Å². The van der Waals surface area contributed by atoms with E-state index in [-0.39, 0.29) is 27.7 Å². The van der Waals surface area contributed by atoms with E-state index < -0.39 is 5.79 Å². The number of halogens is 2. The molecule has 0 saturated carbocycles. The molecule has 0 aromatic heterocycles. The van der Waals surface area contributed by atoms with E-state index in [1.165, 1.54) is 30.9 Å². The molecular formula is C24H36Cl2O3. The molecule has 1 rings (SSSR count). The van der Waals surface area contributed by atoms with E-state index in [1.807, 2.05) is 6.92 Å². The Balaban J connectivity index is 2.74. The molecule has 2 atom stereocenters. The summed E-state index contributed by atoms with van der Waals surface area (Å²) in [6, 6.07) is 0. The zero-order valence-electron chi connectivity index (χ0n) is 18.9. The predicted molar refractivity (Wildman–Crippen MR) is 123 cm³/mol. The predicted octanol–water partition coefficient (Wildman–Crippen LogP) is 7.31. The zero-order chi connectivity index (χ0) is 22.2. The van der Waals surface area contributed by atoms with Gasteiger partial charge in [-0.3, -0.25) is 4.79 Å². The monoisotopic (exact) mass is 442 g/mol. The van der Waals surface area contributed by atoms with E-state index in [9.17, 15) is 4.79 Å². The molecule has 0 spiro atoms. The molecule has 0 bridgehead atoms. The molecule has 164 valence electrons. The molecule has 0 fully saturated rings. The topological polar surface area (TPSA) is 35.5 Å². The summed E-state index contributed by atoms with van der Waals surface area (Å²) in [7, 11) is 3.04. The average Bonchev–Trinajstić information content (AvgIpc) is 2.67. The molecule has 0 saturated heterocycles. The minimum Gasteiger partial charge on any atom is -0.348 e. The molecule has 3 nitrogen and oxygen atoms in total. The highest BCUT2D eigenvalue weighted by Gasteiger charge is 2.52. The maximum absolute atomic E-state index is 12.7. The van der Waals surface area contributed by atoms with Crippen LogP contribution in [0.15, 0.2) is 45.0 Å². The van der Waals surface area contributed by atoms with Gasteiger partial charge in [-0.1, -0.05) is 65.1 Å². The van der Waals surface area contributed by atoms with E-state index in [4.69, 9.17) is 32.7 Å². The molecule has 1 unspecified atom stereocenters. The molecule has 0 aromatic rings. The normalized spacial score (nSPS) is 22.9. The number of methoxy groups -OCH3 is 2. The van der Waals surface area contributed by atoms with Crippen LogP contribution in [-0.2, 0) is 14.3 Å². The summed E-state index contributed by atoms with van der Waals surface area (Å²) in [5.41, 5.74) is 4.05. The van der Waals surface area contributed by atoms with Gasteiger partial charge in [0.1, 0.15) is 5.03 Å². The number of allylic oxidation sites excluding steroid dienone is 7. The molecule has 5 heteroatoms. The van der Waals surface area contributed by atoms with Crippen LogP contribution in [0.25, 0.3) is 0 Å². The van der Waals surface area contributed by atoms with Crippen molar-refractivity contribution in [3.63, 3.8) is 0 Å². The number of ether oxygens (including phenoxy) is 2. The molecule has 1 aliphatic carbocycles. The largest absolute Gasteiger partial charge is 0.348 e. The molecule has 0 N–H and O–H groups in total. The zero-order valence-corrected chi connectivity index (χ0v) is 20.4. The lowest BCUT2D eigenvalue weighted by Gasteiger charge is -2.42.